The third kappa shape index (κ3) is 20.9. The number of alkyl halides is 1. The number of carbonyl (C=O) groups is 3. The minimum atomic E-state index is -3.12. The van der Waals surface area contributed by atoms with Gasteiger partial charge < -0.3 is 47.7 Å². The van der Waals surface area contributed by atoms with E-state index < -0.39 is 13.6 Å². The molecule has 0 unspecified atom stereocenters. The summed E-state index contributed by atoms with van der Waals surface area (Å²) >= 11 is 3.38. The maximum atomic E-state index is 12.5. The second-order valence-corrected chi connectivity index (χ2v) is 22.9. The molecule has 24 heteroatoms. The highest BCUT2D eigenvalue weighted by Crippen LogP contribution is 2.51. The lowest BCUT2D eigenvalue weighted by molar-refractivity contribution is 0.0532. The van der Waals surface area contributed by atoms with Crippen LogP contribution in [-0.4, -0.2) is 121 Å². The maximum Gasteiger partial charge on any atom is 0.354 e. The number of carbonyl (C=O) groups excluding carboxylic acids is 2. The minimum absolute atomic E-state index is 0.0206. The first-order chi connectivity index (χ1) is 46.4. The topological polar surface area (TPSA) is 281 Å². The van der Waals surface area contributed by atoms with E-state index in [2.05, 4.69) is 62.2 Å². The summed E-state index contributed by atoms with van der Waals surface area (Å²) in [6, 6.07) is 55.3. The molecule has 6 aromatic carbocycles. The van der Waals surface area contributed by atoms with Gasteiger partial charge >= 0.3 is 13.6 Å². The molecule has 0 bridgehead atoms. The molecule has 12 rings (SSSR count). The van der Waals surface area contributed by atoms with Gasteiger partial charge in [0.1, 0.15) is 51.6 Å². The van der Waals surface area contributed by atoms with Crippen molar-refractivity contribution in [2.75, 3.05) is 63.0 Å². The number of amides is 1. The van der Waals surface area contributed by atoms with Gasteiger partial charge in [0, 0.05) is 44.6 Å². The summed E-state index contributed by atoms with van der Waals surface area (Å²) in [7, 11) is 8.00. The second kappa shape index (κ2) is 36.4. The van der Waals surface area contributed by atoms with Gasteiger partial charge in [0.05, 0.1) is 126 Å². The van der Waals surface area contributed by atoms with Crippen molar-refractivity contribution in [3.63, 3.8) is 0 Å². The van der Waals surface area contributed by atoms with E-state index in [-0.39, 0.29) is 30.2 Å². The fourth-order valence-electron chi connectivity index (χ4n) is 9.07. The SMILES string of the molecule is CCOP(=O)(Cc1ccc2cc(OC)ccc2n1)OCC.CONC(=O)c1ccc2cc(OC)ccc2n1.COc1ccc2nc(C(=O)O)ccc2c1.COc1ccc2nc(C(C)=O)ccc2c1.COc1ccc2nc(CBr)ccc2c1.COc1ccc2nc(CO)ccc2c1. The number of fused-ring (bicyclic) bond motifs is 6. The Hall–Kier alpha value is -10.3. The van der Waals surface area contributed by atoms with E-state index in [4.69, 9.17) is 47.7 Å². The molecule has 0 atom stereocenters. The van der Waals surface area contributed by atoms with Gasteiger partial charge in [-0.05, 0) is 159 Å². The van der Waals surface area contributed by atoms with Crippen LogP contribution in [0.25, 0.3) is 65.4 Å². The summed E-state index contributed by atoms with van der Waals surface area (Å²) in [5.74, 6) is 3.33. The standard InChI is InChI=1S/C15H20NO4P.C12H12N2O3.C12H11NO2.C11H10BrNO.C11H9NO3.C11H11NO2/c1-4-19-21(17,20-5-2)11-13-7-6-12-10-14(18-3)8-9-15(12)16-13;1-16-9-4-6-10-8(7-9)3-5-11(13-10)12(15)14-17-2;1-8(14)11-5-3-9-7-10(15-2)4-6-12(9)13-11;1-14-10-4-5-11-8(6-10)2-3-9(7-12)13-11;1-15-8-3-5-9-7(6-8)2-4-10(12-9)11(13)14;1-14-10-4-5-11-8(6-10)2-3-9(7-13)12-11/h6-10H,4-5,11H2,1-3H3;3-7H,1-2H3,(H,14,15);3-7H,1-2H3;2-6H,7H2,1H3;2-6H,1H3,(H,13,14);2-6,13H,7H2,1H3. The van der Waals surface area contributed by atoms with Crippen LogP contribution in [0.15, 0.2) is 182 Å². The van der Waals surface area contributed by atoms with Crippen LogP contribution in [-0.2, 0) is 36.5 Å². The Balaban J connectivity index is 0.000000163. The van der Waals surface area contributed by atoms with E-state index in [0.29, 0.717) is 41.5 Å². The molecule has 0 fully saturated rings. The van der Waals surface area contributed by atoms with Crippen LogP contribution in [0.3, 0.4) is 0 Å². The van der Waals surface area contributed by atoms with Gasteiger partial charge in [0.15, 0.2) is 5.78 Å². The second-order valence-electron chi connectivity index (χ2n) is 20.2. The summed E-state index contributed by atoms with van der Waals surface area (Å²) in [4.78, 5) is 63.5. The number of rotatable bonds is 18. The summed E-state index contributed by atoms with van der Waals surface area (Å²) in [5.41, 5.74) is 10.4. The Labute approximate surface area is 563 Å². The first kappa shape index (κ1) is 73.2. The zero-order valence-electron chi connectivity index (χ0n) is 54.6. The molecule has 1 amide bonds. The van der Waals surface area contributed by atoms with Gasteiger partial charge in [0.25, 0.3) is 5.91 Å². The molecule has 0 spiro atoms. The van der Waals surface area contributed by atoms with Crippen molar-refractivity contribution in [1.82, 2.24) is 35.4 Å². The zero-order chi connectivity index (χ0) is 69.2. The van der Waals surface area contributed by atoms with Gasteiger partial charge in [-0.1, -0.05) is 52.3 Å². The Bertz CT molecular complexity index is 4400. The number of nitrogens with one attached hydrogen (secondary N) is 1. The molecule has 0 aliphatic rings. The van der Waals surface area contributed by atoms with Crippen LogP contribution in [0.2, 0.25) is 0 Å². The molecule has 0 saturated carbocycles. The lowest BCUT2D eigenvalue weighted by Gasteiger charge is -2.16. The number of methoxy groups -OCH3 is 6. The number of ketones is 1. The number of hydrogen-bond acceptors (Lipinski definition) is 20. The van der Waals surface area contributed by atoms with E-state index in [1.807, 2.05) is 127 Å². The molecule has 0 radical (unpaired) electrons. The van der Waals surface area contributed by atoms with Crippen LogP contribution < -0.4 is 33.9 Å². The van der Waals surface area contributed by atoms with E-state index in [1.54, 1.807) is 99.0 Å². The first-order valence-electron chi connectivity index (χ1n) is 29.7. The predicted molar refractivity (Wildman–Crippen MR) is 374 cm³/mol. The Morgan fingerprint density at radius 1 is 0.417 bits per heavy atom. The number of aromatic carboxylic acids is 1. The number of hydroxylamine groups is 1. The number of carboxylic acid groups (broad SMARTS) is 1. The van der Waals surface area contributed by atoms with E-state index >= 15 is 0 Å². The molecule has 6 aromatic heterocycles. The Kier molecular flexibility index (Phi) is 27.8. The molecule has 0 saturated heterocycles. The highest BCUT2D eigenvalue weighted by Gasteiger charge is 2.25. The number of halogens is 1. The number of nitrogens with zero attached hydrogens (tertiary/aromatic N) is 6. The van der Waals surface area contributed by atoms with Gasteiger partial charge in [-0.2, -0.15) is 0 Å². The number of aliphatic hydroxyl groups excluding tert-OH is 1. The molecule has 6 heterocycles. The number of benzene rings is 6. The van der Waals surface area contributed by atoms with Crippen molar-refractivity contribution in [3.8, 4) is 34.5 Å². The Morgan fingerprint density at radius 3 is 1.05 bits per heavy atom. The number of Topliss-reactive ketones (excluding diaryl/α,β-unsaturated/α-hetero) is 1. The maximum absolute atomic E-state index is 12.5. The number of hydrogen-bond donors (Lipinski definition) is 3. The lowest BCUT2D eigenvalue weighted by atomic mass is 10.1. The smallest absolute Gasteiger partial charge is 0.354 e. The lowest BCUT2D eigenvalue weighted by Crippen LogP contribution is -2.22. The number of ether oxygens (including phenoxy) is 6. The fourth-order valence-corrected chi connectivity index (χ4v) is 11.0. The summed E-state index contributed by atoms with van der Waals surface area (Å²) in [6.07, 6.45) is 0.177. The van der Waals surface area contributed by atoms with Crippen LogP contribution in [0, 0.1) is 0 Å². The highest BCUT2D eigenvalue weighted by atomic mass is 79.9. The average Bonchev–Trinajstić information content (AvgIpc) is 0.891. The summed E-state index contributed by atoms with van der Waals surface area (Å²) < 4.78 is 53.8. The van der Waals surface area contributed by atoms with Crippen molar-refractivity contribution in [3.05, 3.63) is 216 Å². The van der Waals surface area contributed by atoms with Crippen LogP contribution in [0.5, 0.6) is 34.5 Å². The molecule has 22 nitrogen and oxygen atoms in total. The normalized spacial score (nSPS) is 10.6. The van der Waals surface area contributed by atoms with Crippen molar-refractivity contribution in [2.45, 2.75) is 38.9 Å². The number of aromatic nitrogens is 6. The van der Waals surface area contributed by atoms with Gasteiger partial charge in [-0.3, -0.25) is 33.9 Å². The predicted octanol–water partition coefficient (Wildman–Crippen LogP) is 14.8. The molecule has 96 heavy (non-hydrogen) atoms. The highest BCUT2D eigenvalue weighted by molar-refractivity contribution is 9.08. The van der Waals surface area contributed by atoms with Crippen molar-refractivity contribution >= 4 is 107 Å². The third-order valence-electron chi connectivity index (χ3n) is 13.9. The molecule has 12 aromatic rings. The van der Waals surface area contributed by atoms with Crippen LogP contribution >= 0.6 is 23.5 Å². The summed E-state index contributed by atoms with van der Waals surface area (Å²) in [5, 5.41) is 24.3. The fraction of sp³-hybridized carbons (Fsp3) is 0.208. The monoisotopic (exact) mass is 1390 g/mol. The van der Waals surface area contributed by atoms with E-state index in [1.165, 1.54) is 20.1 Å². The zero-order valence-corrected chi connectivity index (χ0v) is 57.0. The third-order valence-corrected chi connectivity index (χ3v) is 16.5. The van der Waals surface area contributed by atoms with Crippen molar-refractivity contribution in [2.24, 2.45) is 0 Å². The van der Waals surface area contributed by atoms with Crippen molar-refractivity contribution < 1.29 is 71.5 Å². The summed E-state index contributed by atoms with van der Waals surface area (Å²) in [6.45, 7) is 5.78. The minimum Gasteiger partial charge on any atom is -0.497 e. The van der Waals surface area contributed by atoms with E-state index in [9.17, 15) is 18.9 Å². The molecule has 3 N–H and O–H groups in total. The molecular formula is C72H73BrN7O15P. The quantitative estimate of drug-likeness (QED) is 0.0311. The molecule has 0 aliphatic carbocycles. The largest absolute Gasteiger partial charge is 0.497 e. The van der Waals surface area contributed by atoms with Crippen molar-refractivity contribution in [1.29, 1.82) is 0 Å². The van der Waals surface area contributed by atoms with Gasteiger partial charge in [-0.25, -0.2) is 25.2 Å². The van der Waals surface area contributed by atoms with Crippen LogP contribution in [0.4, 0.5) is 0 Å². The first-order valence-corrected chi connectivity index (χ1v) is 32.5. The van der Waals surface area contributed by atoms with E-state index in [0.717, 1.165) is 105 Å². The molecular weight excluding hydrogens is 1310 g/mol. The Morgan fingerprint density at radius 2 is 0.719 bits per heavy atom. The van der Waals surface area contributed by atoms with Gasteiger partial charge in [0.2, 0.25) is 0 Å². The van der Waals surface area contributed by atoms with Gasteiger partial charge in [-0.15, -0.1) is 0 Å². The van der Waals surface area contributed by atoms with Crippen LogP contribution in [0.1, 0.15) is 69.3 Å². The number of pyridine rings is 6. The number of carboxylic acids is 1. The number of aliphatic hydroxyl groups is 1. The molecule has 498 valence electrons. The average molecular weight is 1390 g/mol. The molecule has 0 aliphatic heterocycles.